The normalized spacial score (nSPS) is 14.0. The quantitative estimate of drug-likeness (QED) is 0.235. The van der Waals surface area contributed by atoms with Crippen molar-refractivity contribution in [3.05, 3.63) is 35.9 Å². The first-order valence-electron chi connectivity index (χ1n) is 10.4. The van der Waals surface area contributed by atoms with Gasteiger partial charge in [-0.15, -0.1) is 0 Å². The third-order valence-electron chi connectivity index (χ3n) is 5.66. The predicted molar refractivity (Wildman–Crippen MR) is 113 cm³/mol. The second kappa shape index (κ2) is 13.1. The number of ether oxygens (including phenoxy) is 2. The van der Waals surface area contributed by atoms with Crippen molar-refractivity contribution in [3.63, 3.8) is 0 Å². The van der Waals surface area contributed by atoms with Crippen molar-refractivity contribution in [2.75, 3.05) is 13.7 Å². The van der Waals surface area contributed by atoms with Crippen LogP contribution in [0.25, 0.3) is 0 Å². The third kappa shape index (κ3) is 8.58. The van der Waals surface area contributed by atoms with Gasteiger partial charge in [0.1, 0.15) is 0 Å². The molecule has 1 aromatic rings. The monoisotopic (exact) mass is 394 g/mol. The van der Waals surface area contributed by atoms with E-state index in [9.17, 15) is 4.79 Å². The molecule has 0 aliphatic carbocycles. The van der Waals surface area contributed by atoms with Gasteiger partial charge < -0.3 is 13.9 Å². The number of hydrogen-bond acceptors (Lipinski definition) is 4. The van der Waals surface area contributed by atoms with Gasteiger partial charge >= 0.3 is 5.97 Å². The molecule has 0 saturated carbocycles. The minimum absolute atomic E-state index is 0.136. The van der Waals surface area contributed by atoms with E-state index < -0.39 is 8.32 Å². The average molecular weight is 395 g/mol. The Morgan fingerprint density at radius 2 is 1.67 bits per heavy atom. The summed E-state index contributed by atoms with van der Waals surface area (Å²) in [6.07, 6.45) is 2.24. The highest BCUT2D eigenvalue weighted by Gasteiger charge is 2.33. The lowest BCUT2D eigenvalue weighted by Gasteiger charge is -2.36. The molecule has 27 heavy (non-hydrogen) atoms. The van der Waals surface area contributed by atoms with Gasteiger partial charge in [-0.3, -0.25) is 4.79 Å². The van der Waals surface area contributed by atoms with Gasteiger partial charge in [0.05, 0.1) is 13.7 Å². The molecule has 0 aliphatic heterocycles. The zero-order valence-electron chi connectivity index (χ0n) is 17.8. The molecule has 1 rings (SSSR count). The Labute approximate surface area is 166 Å². The van der Waals surface area contributed by atoms with Crippen molar-refractivity contribution in [2.45, 2.75) is 77.8 Å². The minimum Gasteiger partial charge on any atom is -0.469 e. The summed E-state index contributed by atoms with van der Waals surface area (Å²) in [6.45, 7) is 10.2. The van der Waals surface area contributed by atoms with E-state index >= 15 is 0 Å². The number of esters is 1. The molecular weight excluding hydrogens is 356 g/mol. The van der Waals surface area contributed by atoms with Crippen LogP contribution in [0.1, 0.15) is 52.5 Å². The third-order valence-corrected chi connectivity index (χ3v) is 10.3. The predicted octanol–water partition coefficient (Wildman–Crippen LogP) is 5.57. The number of rotatable bonds is 14. The second-order valence-corrected chi connectivity index (χ2v) is 12.0. The van der Waals surface area contributed by atoms with Gasteiger partial charge in [0.2, 0.25) is 0 Å². The van der Waals surface area contributed by atoms with Crippen LogP contribution in [0.15, 0.2) is 30.3 Å². The molecule has 154 valence electrons. The molecule has 4 nitrogen and oxygen atoms in total. The van der Waals surface area contributed by atoms with Gasteiger partial charge in [-0.05, 0) is 42.5 Å². The van der Waals surface area contributed by atoms with Crippen molar-refractivity contribution in [1.82, 2.24) is 0 Å². The van der Waals surface area contributed by atoms with Crippen LogP contribution in [-0.2, 0) is 25.3 Å². The van der Waals surface area contributed by atoms with E-state index in [1.807, 2.05) is 18.2 Å². The van der Waals surface area contributed by atoms with Crippen LogP contribution < -0.4 is 0 Å². The Kier molecular flexibility index (Phi) is 11.6. The van der Waals surface area contributed by atoms with Crippen molar-refractivity contribution < 1.29 is 18.7 Å². The number of methoxy groups -OCH3 is 1. The van der Waals surface area contributed by atoms with Gasteiger partial charge in [-0.1, -0.05) is 58.0 Å². The number of hydrogen-bond donors (Lipinski definition) is 0. The molecule has 0 aliphatic rings. The number of benzene rings is 1. The summed E-state index contributed by atoms with van der Waals surface area (Å²) in [7, 11) is -0.258. The second-order valence-electron chi connectivity index (χ2n) is 7.32. The van der Waals surface area contributed by atoms with Gasteiger partial charge in [-0.25, -0.2) is 0 Å². The first-order valence-corrected chi connectivity index (χ1v) is 12.9. The van der Waals surface area contributed by atoms with Crippen LogP contribution in [0.4, 0.5) is 0 Å². The average Bonchev–Trinajstić information content (AvgIpc) is 2.72. The highest BCUT2D eigenvalue weighted by molar-refractivity contribution is 6.73. The molecule has 0 heterocycles. The van der Waals surface area contributed by atoms with Gasteiger partial charge in [-0.2, -0.15) is 0 Å². The fourth-order valence-corrected chi connectivity index (χ4v) is 6.37. The van der Waals surface area contributed by atoms with E-state index in [0.29, 0.717) is 25.6 Å². The van der Waals surface area contributed by atoms with Crippen LogP contribution in [0.5, 0.6) is 0 Å². The molecule has 0 unspecified atom stereocenters. The maximum absolute atomic E-state index is 11.5. The van der Waals surface area contributed by atoms with E-state index in [2.05, 4.69) is 39.8 Å². The van der Waals surface area contributed by atoms with Gasteiger partial charge in [0.15, 0.2) is 8.32 Å². The zero-order valence-corrected chi connectivity index (χ0v) is 18.8. The molecule has 1 aromatic carbocycles. The standard InChI is InChI=1S/C22H38O4Si/c1-6-27(7-2,8-3)26-21(19(4)14-15-22(23)24-5)16-17-25-18-20-12-10-9-11-13-20/h9-13,19,21H,6-8,14-18H2,1-5H3/t19-,21-/m1/s1. The summed E-state index contributed by atoms with van der Waals surface area (Å²) in [5.74, 6) is 0.159. The number of carbonyl (C=O) groups excluding carboxylic acids is 1. The molecule has 0 fully saturated rings. The highest BCUT2D eigenvalue weighted by atomic mass is 28.4. The molecule has 0 saturated heterocycles. The van der Waals surface area contributed by atoms with E-state index in [-0.39, 0.29) is 12.1 Å². The Bertz CT molecular complexity index is 508. The van der Waals surface area contributed by atoms with Crippen LogP contribution in [-0.4, -0.2) is 34.1 Å². The van der Waals surface area contributed by atoms with Gasteiger partial charge in [0, 0.05) is 19.1 Å². The fourth-order valence-electron chi connectivity index (χ4n) is 3.38. The Hall–Kier alpha value is -1.17. The molecule has 0 bridgehead atoms. The Balaban J connectivity index is 2.63. The van der Waals surface area contributed by atoms with E-state index in [0.717, 1.165) is 31.0 Å². The fraction of sp³-hybridized carbons (Fsp3) is 0.682. The molecule has 0 spiro atoms. The summed E-state index contributed by atoms with van der Waals surface area (Å²) >= 11 is 0. The van der Waals surface area contributed by atoms with Crippen LogP contribution in [0.3, 0.4) is 0 Å². The molecule has 0 N–H and O–H groups in total. The lowest BCUT2D eigenvalue weighted by molar-refractivity contribution is -0.141. The van der Waals surface area contributed by atoms with Crippen molar-refractivity contribution >= 4 is 14.3 Å². The van der Waals surface area contributed by atoms with Crippen molar-refractivity contribution in [2.24, 2.45) is 5.92 Å². The summed E-state index contributed by atoms with van der Waals surface area (Å²) < 4.78 is 17.5. The first-order chi connectivity index (χ1) is 13.0. The molecule has 0 amide bonds. The van der Waals surface area contributed by atoms with Gasteiger partial charge in [0.25, 0.3) is 0 Å². The van der Waals surface area contributed by atoms with E-state index in [1.54, 1.807) is 0 Å². The Morgan fingerprint density at radius 3 is 2.22 bits per heavy atom. The zero-order chi connectivity index (χ0) is 20.1. The van der Waals surface area contributed by atoms with Crippen molar-refractivity contribution in [3.8, 4) is 0 Å². The lowest BCUT2D eigenvalue weighted by atomic mass is 9.97. The van der Waals surface area contributed by atoms with Crippen LogP contribution >= 0.6 is 0 Å². The topological polar surface area (TPSA) is 44.8 Å². The summed E-state index contributed by atoms with van der Waals surface area (Å²) in [5.41, 5.74) is 1.19. The highest BCUT2D eigenvalue weighted by Crippen LogP contribution is 2.28. The molecular formula is C22H38O4Si. The molecule has 0 radical (unpaired) electrons. The largest absolute Gasteiger partial charge is 0.469 e. The lowest BCUT2D eigenvalue weighted by Crippen LogP contribution is -2.42. The van der Waals surface area contributed by atoms with Crippen LogP contribution in [0.2, 0.25) is 18.1 Å². The van der Waals surface area contributed by atoms with E-state index in [1.165, 1.54) is 12.7 Å². The summed E-state index contributed by atoms with van der Waals surface area (Å²) in [6, 6.07) is 13.6. The number of carbonyl (C=O) groups is 1. The minimum atomic E-state index is -1.70. The summed E-state index contributed by atoms with van der Waals surface area (Å²) in [4.78, 5) is 11.5. The smallest absolute Gasteiger partial charge is 0.305 e. The first kappa shape index (κ1) is 23.9. The SMILES string of the molecule is CC[Si](CC)(CC)O[C@H](CCOCc1ccccc1)[C@H](C)CCC(=O)OC. The molecule has 0 aromatic heterocycles. The summed E-state index contributed by atoms with van der Waals surface area (Å²) in [5, 5.41) is 0. The molecule has 5 heteroatoms. The maximum Gasteiger partial charge on any atom is 0.305 e. The Morgan fingerprint density at radius 1 is 1.04 bits per heavy atom. The van der Waals surface area contributed by atoms with E-state index in [4.69, 9.17) is 13.9 Å². The molecule has 2 atom stereocenters. The maximum atomic E-state index is 11.5. The van der Waals surface area contributed by atoms with Crippen molar-refractivity contribution in [1.29, 1.82) is 0 Å². The van der Waals surface area contributed by atoms with Crippen LogP contribution in [0, 0.1) is 5.92 Å².